The highest BCUT2D eigenvalue weighted by Gasteiger charge is 2.30. The van der Waals surface area contributed by atoms with Crippen molar-refractivity contribution in [3.05, 3.63) is 18.2 Å². The summed E-state index contributed by atoms with van der Waals surface area (Å²) < 4.78 is 27.3. The summed E-state index contributed by atoms with van der Waals surface area (Å²) in [6, 6.07) is 0. The van der Waals surface area contributed by atoms with Crippen LogP contribution in [0.1, 0.15) is 18.7 Å². The number of sulfonamides is 1. The van der Waals surface area contributed by atoms with Crippen molar-refractivity contribution in [2.24, 2.45) is 5.92 Å². The Labute approximate surface area is 124 Å². The molecular weight excluding hydrogens is 292 g/mol. The third-order valence-corrected chi connectivity index (χ3v) is 5.37. The van der Waals surface area contributed by atoms with Crippen LogP contribution in [0.4, 0.5) is 0 Å². The van der Waals surface area contributed by atoms with Crippen molar-refractivity contribution >= 4 is 15.9 Å². The number of fused-ring (bicyclic) bond motifs is 1. The predicted molar refractivity (Wildman–Crippen MR) is 76.8 cm³/mol. The SMILES string of the molecule is CS(=O)(=O)N1Cc2nccn2C[C@@H](CN2CCCC2=O)C1. The van der Waals surface area contributed by atoms with Crippen molar-refractivity contribution in [2.45, 2.75) is 25.9 Å². The first-order valence-corrected chi connectivity index (χ1v) is 9.01. The lowest BCUT2D eigenvalue weighted by Crippen LogP contribution is -2.39. The van der Waals surface area contributed by atoms with E-state index in [4.69, 9.17) is 0 Å². The molecule has 1 saturated heterocycles. The molecule has 0 unspecified atom stereocenters. The van der Waals surface area contributed by atoms with Crippen LogP contribution in [0, 0.1) is 5.92 Å². The Bertz CT molecular complexity index is 640. The fourth-order valence-electron chi connectivity index (χ4n) is 3.08. The molecule has 3 heterocycles. The maximum atomic E-state index is 11.9. The Morgan fingerprint density at radius 2 is 2.19 bits per heavy atom. The molecule has 1 aromatic rings. The zero-order chi connectivity index (χ0) is 15.0. The van der Waals surface area contributed by atoms with Gasteiger partial charge in [0, 0.05) is 50.9 Å². The number of likely N-dealkylation sites (tertiary alicyclic amines) is 1. The second-order valence-electron chi connectivity index (χ2n) is 5.86. The summed E-state index contributed by atoms with van der Waals surface area (Å²) in [5.41, 5.74) is 0. The summed E-state index contributed by atoms with van der Waals surface area (Å²) in [6.45, 7) is 2.83. The lowest BCUT2D eigenvalue weighted by molar-refractivity contribution is -0.128. The number of hydrogen-bond acceptors (Lipinski definition) is 4. The quantitative estimate of drug-likeness (QED) is 0.781. The smallest absolute Gasteiger partial charge is 0.222 e. The van der Waals surface area contributed by atoms with Gasteiger partial charge in [0.2, 0.25) is 15.9 Å². The molecule has 1 atom stereocenters. The molecule has 1 amide bonds. The summed E-state index contributed by atoms with van der Waals surface area (Å²) >= 11 is 0. The molecule has 1 aromatic heterocycles. The van der Waals surface area contributed by atoms with E-state index in [0.717, 1.165) is 18.8 Å². The van der Waals surface area contributed by atoms with Crippen LogP contribution in [-0.4, -0.2) is 59.0 Å². The van der Waals surface area contributed by atoms with E-state index in [1.165, 1.54) is 10.6 Å². The molecule has 8 heteroatoms. The first kappa shape index (κ1) is 14.5. The summed E-state index contributed by atoms with van der Waals surface area (Å²) in [7, 11) is -3.27. The summed E-state index contributed by atoms with van der Waals surface area (Å²) in [5, 5.41) is 0. The van der Waals surface area contributed by atoms with Crippen LogP contribution < -0.4 is 0 Å². The molecule has 2 aliphatic heterocycles. The largest absolute Gasteiger partial charge is 0.342 e. The van der Waals surface area contributed by atoms with Crippen LogP contribution in [0.25, 0.3) is 0 Å². The van der Waals surface area contributed by atoms with Crippen molar-refractivity contribution in [2.75, 3.05) is 25.9 Å². The van der Waals surface area contributed by atoms with E-state index in [1.54, 1.807) is 6.20 Å². The van der Waals surface area contributed by atoms with Crippen molar-refractivity contribution in [3.63, 3.8) is 0 Å². The molecule has 0 saturated carbocycles. The van der Waals surface area contributed by atoms with Crippen LogP contribution in [0.3, 0.4) is 0 Å². The summed E-state index contributed by atoms with van der Waals surface area (Å²) in [6.07, 6.45) is 6.30. The number of amides is 1. The zero-order valence-electron chi connectivity index (χ0n) is 12.1. The van der Waals surface area contributed by atoms with Gasteiger partial charge in [-0.15, -0.1) is 0 Å². The molecule has 0 spiro atoms. The minimum Gasteiger partial charge on any atom is -0.342 e. The van der Waals surface area contributed by atoms with E-state index in [0.29, 0.717) is 32.6 Å². The Balaban J connectivity index is 1.81. The van der Waals surface area contributed by atoms with Gasteiger partial charge in [-0.3, -0.25) is 4.79 Å². The highest BCUT2D eigenvalue weighted by Crippen LogP contribution is 2.20. The van der Waals surface area contributed by atoms with Crippen molar-refractivity contribution in [3.8, 4) is 0 Å². The molecule has 0 bridgehead atoms. The Kier molecular flexibility index (Phi) is 3.75. The van der Waals surface area contributed by atoms with Crippen LogP contribution in [0.2, 0.25) is 0 Å². The van der Waals surface area contributed by atoms with Gasteiger partial charge in [0.1, 0.15) is 5.82 Å². The van der Waals surface area contributed by atoms with E-state index in [-0.39, 0.29) is 11.8 Å². The second kappa shape index (κ2) is 5.42. The van der Waals surface area contributed by atoms with Gasteiger partial charge < -0.3 is 9.47 Å². The lowest BCUT2D eigenvalue weighted by atomic mass is 10.1. The van der Waals surface area contributed by atoms with Crippen molar-refractivity contribution in [1.29, 1.82) is 0 Å². The fourth-order valence-corrected chi connectivity index (χ4v) is 3.91. The van der Waals surface area contributed by atoms with Gasteiger partial charge in [-0.2, -0.15) is 4.31 Å². The van der Waals surface area contributed by atoms with Crippen LogP contribution in [0.5, 0.6) is 0 Å². The predicted octanol–water partition coefficient (Wildman–Crippen LogP) is -0.103. The van der Waals surface area contributed by atoms with E-state index < -0.39 is 10.0 Å². The summed E-state index contributed by atoms with van der Waals surface area (Å²) in [5.74, 6) is 1.03. The average Bonchev–Trinajstić information content (AvgIpc) is 2.94. The molecule has 0 N–H and O–H groups in total. The van der Waals surface area contributed by atoms with Gasteiger partial charge in [-0.25, -0.2) is 13.4 Å². The number of aromatic nitrogens is 2. The average molecular weight is 312 g/mol. The molecule has 2 aliphatic rings. The molecule has 7 nitrogen and oxygen atoms in total. The van der Waals surface area contributed by atoms with Crippen LogP contribution in [-0.2, 0) is 27.9 Å². The minimum atomic E-state index is -3.27. The highest BCUT2D eigenvalue weighted by molar-refractivity contribution is 7.88. The third-order valence-electron chi connectivity index (χ3n) is 4.16. The maximum Gasteiger partial charge on any atom is 0.222 e. The molecule has 3 rings (SSSR count). The second-order valence-corrected chi connectivity index (χ2v) is 7.84. The maximum absolute atomic E-state index is 11.9. The number of carbonyl (C=O) groups excluding carboxylic acids is 1. The molecule has 116 valence electrons. The van der Waals surface area contributed by atoms with E-state index in [2.05, 4.69) is 4.98 Å². The van der Waals surface area contributed by atoms with E-state index in [1.807, 2.05) is 15.7 Å². The molecule has 0 aromatic carbocycles. The monoisotopic (exact) mass is 312 g/mol. The number of imidazole rings is 1. The van der Waals surface area contributed by atoms with Gasteiger partial charge >= 0.3 is 0 Å². The van der Waals surface area contributed by atoms with Gasteiger partial charge in [0.25, 0.3) is 0 Å². The Hall–Kier alpha value is -1.41. The minimum absolute atomic E-state index is 0.0947. The molecular formula is C13H20N4O3S. The number of nitrogens with zero attached hydrogens (tertiary/aromatic N) is 4. The zero-order valence-corrected chi connectivity index (χ0v) is 12.9. The first-order chi connectivity index (χ1) is 9.93. The standard InChI is InChI=1S/C13H20N4O3S/c1-21(19,20)17-9-11(8-16-5-2-3-13(16)18)7-15-6-4-14-12(15)10-17/h4,6,11H,2-3,5,7-10H2,1H3/t11-/m0/s1. The van der Waals surface area contributed by atoms with Gasteiger partial charge in [0.05, 0.1) is 12.8 Å². The van der Waals surface area contributed by atoms with Crippen LogP contribution >= 0.6 is 0 Å². The van der Waals surface area contributed by atoms with Gasteiger partial charge in [-0.05, 0) is 6.42 Å². The number of rotatable bonds is 3. The van der Waals surface area contributed by atoms with Crippen molar-refractivity contribution in [1.82, 2.24) is 18.8 Å². The van der Waals surface area contributed by atoms with Crippen LogP contribution in [0.15, 0.2) is 12.4 Å². The first-order valence-electron chi connectivity index (χ1n) is 7.16. The van der Waals surface area contributed by atoms with Gasteiger partial charge in [0.15, 0.2) is 0 Å². The Morgan fingerprint density at radius 3 is 2.86 bits per heavy atom. The van der Waals surface area contributed by atoms with Crippen molar-refractivity contribution < 1.29 is 13.2 Å². The number of carbonyl (C=O) groups is 1. The fraction of sp³-hybridized carbons (Fsp3) is 0.692. The topological polar surface area (TPSA) is 75.5 Å². The molecule has 0 aliphatic carbocycles. The normalized spacial score (nSPS) is 24.1. The molecule has 21 heavy (non-hydrogen) atoms. The van der Waals surface area contributed by atoms with E-state index in [9.17, 15) is 13.2 Å². The molecule has 1 fully saturated rings. The van der Waals surface area contributed by atoms with Gasteiger partial charge in [-0.1, -0.05) is 0 Å². The highest BCUT2D eigenvalue weighted by atomic mass is 32.2. The summed E-state index contributed by atoms with van der Waals surface area (Å²) in [4.78, 5) is 17.9. The lowest BCUT2D eigenvalue weighted by Gasteiger charge is -2.26. The third kappa shape index (κ3) is 3.11. The van der Waals surface area contributed by atoms with E-state index >= 15 is 0 Å². The number of hydrogen-bond donors (Lipinski definition) is 0. The Morgan fingerprint density at radius 1 is 1.38 bits per heavy atom. The molecule has 0 radical (unpaired) electrons.